The molecule has 1 aromatic carbocycles. The Labute approximate surface area is 178 Å². The number of nitrogens with one attached hydrogen (secondary N) is 1. The number of carbonyl (C=O) groups excluding carboxylic acids is 1. The first kappa shape index (κ1) is 19.2. The second kappa shape index (κ2) is 7.48. The summed E-state index contributed by atoms with van der Waals surface area (Å²) in [6, 6.07) is 4.43. The molecule has 2 aliphatic heterocycles. The molecule has 0 spiro atoms. The number of anilines is 4. The van der Waals surface area contributed by atoms with Crippen LogP contribution in [-0.4, -0.2) is 53.7 Å². The van der Waals surface area contributed by atoms with Gasteiger partial charge in [-0.1, -0.05) is 0 Å². The van der Waals surface area contributed by atoms with Crippen LogP contribution in [0.4, 0.5) is 23.1 Å². The lowest BCUT2D eigenvalue weighted by Gasteiger charge is -2.40. The molecule has 0 bridgehead atoms. The molecule has 8 nitrogen and oxygen atoms in total. The van der Waals surface area contributed by atoms with Crippen molar-refractivity contribution in [3.63, 3.8) is 0 Å². The number of thiazole rings is 1. The lowest BCUT2D eigenvalue weighted by atomic mass is 10.1. The fourth-order valence-electron chi connectivity index (χ4n) is 4.08. The van der Waals surface area contributed by atoms with E-state index >= 15 is 0 Å². The Morgan fingerprint density at radius 2 is 2.00 bits per heavy atom. The number of hydrogen-bond acceptors (Lipinski definition) is 8. The van der Waals surface area contributed by atoms with E-state index in [0.29, 0.717) is 25.7 Å². The smallest absolute Gasteiger partial charge is 0.246 e. The van der Waals surface area contributed by atoms with Crippen LogP contribution >= 0.6 is 11.3 Å². The second-order valence-corrected chi connectivity index (χ2v) is 9.05. The molecule has 3 aromatic rings. The van der Waals surface area contributed by atoms with E-state index in [2.05, 4.69) is 39.2 Å². The zero-order valence-electron chi connectivity index (χ0n) is 17.3. The molecule has 1 N–H and O–H groups in total. The largest absolute Gasteiger partial charge is 0.381 e. The molecule has 4 heterocycles. The predicted octanol–water partition coefficient (Wildman–Crippen LogP) is 3.41. The molecule has 1 amide bonds. The molecule has 5 rings (SSSR count). The van der Waals surface area contributed by atoms with Gasteiger partial charge < -0.3 is 19.9 Å². The third kappa shape index (κ3) is 3.37. The monoisotopic (exact) mass is 424 g/mol. The minimum Gasteiger partial charge on any atom is -0.381 e. The first-order chi connectivity index (χ1) is 14.5. The van der Waals surface area contributed by atoms with Crippen molar-refractivity contribution in [1.29, 1.82) is 0 Å². The molecular weight excluding hydrogens is 400 g/mol. The Hall–Kier alpha value is -2.78. The number of rotatable bonds is 3. The van der Waals surface area contributed by atoms with E-state index in [1.165, 1.54) is 0 Å². The molecular formula is C21H24N6O2S. The lowest BCUT2D eigenvalue weighted by molar-refractivity contribution is -0.117. The van der Waals surface area contributed by atoms with E-state index in [0.717, 1.165) is 50.8 Å². The van der Waals surface area contributed by atoms with Gasteiger partial charge in [-0.2, -0.15) is 4.98 Å². The number of hydrogen-bond donors (Lipinski definition) is 1. The molecule has 0 aliphatic carbocycles. The van der Waals surface area contributed by atoms with Crippen molar-refractivity contribution < 1.29 is 9.53 Å². The van der Waals surface area contributed by atoms with E-state index in [1.807, 2.05) is 6.92 Å². The van der Waals surface area contributed by atoms with Gasteiger partial charge in [-0.15, -0.1) is 11.3 Å². The van der Waals surface area contributed by atoms with Crippen LogP contribution in [0.3, 0.4) is 0 Å². The second-order valence-electron chi connectivity index (χ2n) is 7.82. The van der Waals surface area contributed by atoms with Crippen LogP contribution in [0.1, 0.15) is 23.4 Å². The van der Waals surface area contributed by atoms with Crippen LogP contribution in [0.25, 0.3) is 10.2 Å². The minimum absolute atomic E-state index is 0.0557. The normalized spacial score (nSPS) is 17.5. The molecule has 0 atom stereocenters. The fourth-order valence-corrected chi connectivity index (χ4v) is 4.93. The molecule has 156 valence electrons. The number of benzene rings is 1. The number of carbonyl (C=O) groups is 1. The summed E-state index contributed by atoms with van der Waals surface area (Å²) in [5.74, 6) is 1.38. The van der Waals surface area contributed by atoms with Gasteiger partial charge in [0.15, 0.2) is 5.82 Å². The number of ether oxygens (including phenoxy) is 1. The van der Waals surface area contributed by atoms with Crippen LogP contribution in [0, 0.1) is 13.8 Å². The zero-order chi connectivity index (χ0) is 20.8. The van der Waals surface area contributed by atoms with Crippen molar-refractivity contribution in [2.45, 2.75) is 32.7 Å². The number of likely N-dealkylation sites (N-methyl/N-ethyl adjacent to an activating group) is 1. The fraction of sp³-hybridized carbons (Fsp3) is 0.429. The number of aryl methyl sites for hydroxylation is 2. The summed E-state index contributed by atoms with van der Waals surface area (Å²) in [7, 11) is 1.78. The highest BCUT2D eigenvalue weighted by molar-refractivity contribution is 7.18. The number of amides is 1. The molecule has 30 heavy (non-hydrogen) atoms. The first-order valence-corrected chi connectivity index (χ1v) is 10.9. The van der Waals surface area contributed by atoms with Crippen molar-refractivity contribution in [3.05, 3.63) is 28.9 Å². The van der Waals surface area contributed by atoms with Gasteiger partial charge in [0.1, 0.15) is 5.69 Å². The van der Waals surface area contributed by atoms with Gasteiger partial charge >= 0.3 is 0 Å². The molecule has 2 aliphatic rings. The lowest BCUT2D eigenvalue weighted by Crippen LogP contribution is -2.50. The maximum absolute atomic E-state index is 12.5. The first-order valence-electron chi connectivity index (χ1n) is 10.1. The SMILES string of the molecule is Cc1nc2cc(C)c(Nc3ncc4c(n3)N(C3CCOCC3)CC(=O)N4C)cc2s1. The average molecular weight is 425 g/mol. The Balaban J connectivity index is 1.50. The van der Waals surface area contributed by atoms with E-state index in [9.17, 15) is 4.79 Å². The van der Waals surface area contributed by atoms with Crippen LogP contribution in [0.15, 0.2) is 18.3 Å². The van der Waals surface area contributed by atoms with E-state index in [4.69, 9.17) is 9.72 Å². The van der Waals surface area contributed by atoms with Gasteiger partial charge in [0, 0.05) is 32.0 Å². The standard InChI is InChI=1S/C21H24N6O2S/c1-12-8-16-18(30-13(2)23-16)9-15(12)24-21-22-10-17-20(25-21)27(11-19(28)26(17)3)14-4-6-29-7-5-14/h8-10,14H,4-7,11H2,1-3H3,(H,22,24,25). The van der Waals surface area contributed by atoms with Crippen LogP contribution in [0.2, 0.25) is 0 Å². The van der Waals surface area contributed by atoms with Crippen molar-refractivity contribution in [3.8, 4) is 0 Å². The Morgan fingerprint density at radius 1 is 1.20 bits per heavy atom. The van der Waals surface area contributed by atoms with Gasteiger partial charge in [-0.3, -0.25) is 4.79 Å². The van der Waals surface area contributed by atoms with Gasteiger partial charge in [-0.05, 0) is 44.4 Å². The highest BCUT2D eigenvalue weighted by Crippen LogP contribution is 2.35. The molecule has 9 heteroatoms. The quantitative estimate of drug-likeness (QED) is 0.690. The summed E-state index contributed by atoms with van der Waals surface area (Å²) in [6.45, 7) is 5.82. The van der Waals surface area contributed by atoms with E-state index in [1.54, 1.807) is 29.5 Å². The Bertz CT molecular complexity index is 1120. The van der Waals surface area contributed by atoms with Gasteiger partial charge in [0.2, 0.25) is 11.9 Å². The average Bonchev–Trinajstić information content (AvgIpc) is 3.10. The van der Waals surface area contributed by atoms with Crippen molar-refractivity contribution in [2.75, 3.05) is 41.9 Å². The van der Waals surface area contributed by atoms with Crippen molar-refractivity contribution in [1.82, 2.24) is 15.0 Å². The summed E-state index contributed by atoms with van der Waals surface area (Å²) in [4.78, 5) is 30.2. The molecule has 2 aromatic heterocycles. The van der Waals surface area contributed by atoms with Crippen LogP contribution in [-0.2, 0) is 9.53 Å². The van der Waals surface area contributed by atoms with Crippen molar-refractivity contribution in [2.24, 2.45) is 0 Å². The maximum atomic E-state index is 12.5. The zero-order valence-corrected chi connectivity index (χ0v) is 18.1. The maximum Gasteiger partial charge on any atom is 0.246 e. The Morgan fingerprint density at radius 3 is 2.80 bits per heavy atom. The highest BCUT2D eigenvalue weighted by atomic mass is 32.1. The van der Waals surface area contributed by atoms with E-state index in [-0.39, 0.29) is 11.9 Å². The highest BCUT2D eigenvalue weighted by Gasteiger charge is 2.34. The summed E-state index contributed by atoms with van der Waals surface area (Å²) in [6.07, 6.45) is 3.52. The number of aromatic nitrogens is 3. The minimum atomic E-state index is 0.0557. The van der Waals surface area contributed by atoms with E-state index < -0.39 is 0 Å². The van der Waals surface area contributed by atoms with Gasteiger partial charge in [0.25, 0.3) is 0 Å². The molecule has 0 saturated carbocycles. The summed E-state index contributed by atoms with van der Waals surface area (Å²) in [5.41, 5.74) is 3.80. The molecule has 0 unspecified atom stereocenters. The number of fused-ring (bicyclic) bond motifs is 2. The summed E-state index contributed by atoms with van der Waals surface area (Å²) < 4.78 is 6.64. The number of nitrogens with zero attached hydrogens (tertiary/aromatic N) is 5. The van der Waals surface area contributed by atoms with Crippen LogP contribution in [0.5, 0.6) is 0 Å². The molecule has 0 radical (unpaired) electrons. The predicted molar refractivity (Wildman–Crippen MR) is 119 cm³/mol. The summed E-state index contributed by atoms with van der Waals surface area (Å²) >= 11 is 1.67. The van der Waals surface area contributed by atoms with Crippen LogP contribution < -0.4 is 15.1 Å². The topological polar surface area (TPSA) is 83.5 Å². The third-order valence-corrected chi connectivity index (χ3v) is 6.72. The molecule has 1 saturated heterocycles. The van der Waals surface area contributed by atoms with Gasteiger partial charge in [-0.25, -0.2) is 9.97 Å². The van der Waals surface area contributed by atoms with Gasteiger partial charge in [0.05, 0.1) is 28.0 Å². The Kier molecular flexibility index (Phi) is 4.79. The molecule has 1 fully saturated rings. The third-order valence-electron chi connectivity index (χ3n) is 5.78. The summed E-state index contributed by atoms with van der Waals surface area (Å²) in [5, 5.41) is 4.42. The van der Waals surface area contributed by atoms with Crippen molar-refractivity contribution >= 4 is 50.6 Å².